The second-order valence-electron chi connectivity index (χ2n) is 14.2. The number of unbranched alkanes of at least 4 members (excludes halogenated alkanes) is 1. The molecule has 5 aromatic rings. The summed E-state index contributed by atoms with van der Waals surface area (Å²) in [6, 6.07) is 7.01. The normalized spacial score (nSPS) is 13.4. The van der Waals surface area contributed by atoms with Gasteiger partial charge in [-0.1, -0.05) is 5.92 Å². The third-order valence-electron chi connectivity index (χ3n) is 9.81. The van der Waals surface area contributed by atoms with Crippen LogP contribution in [0.3, 0.4) is 0 Å². The Bertz CT molecular complexity index is 2400. The predicted molar refractivity (Wildman–Crippen MR) is 236 cm³/mol. The first-order chi connectivity index (χ1) is 30.2. The number of aliphatic imine (C=N–C) groups is 2. The number of aromatic amines is 1. The zero-order chi connectivity index (χ0) is 43.7. The number of phenols is 1. The molecule has 1 fully saturated rings. The van der Waals surface area contributed by atoms with Crippen LogP contribution in [0.25, 0.3) is 33.3 Å². The maximum absolute atomic E-state index is 12.5. The molecular formula is C42H52N14O6. The van der Waals surface area contributed by atoms with Gasteiger partial charge >= 0.3 is 0 Å². The summed E-state index contributed by atoms with van der Waals surface area (Å²) in [5.74, 6) is 3.72. The maximum Gasteiger partial charge on any atom is 0.248 e. The number of aromatic hydroxyl groups is 1. The van der Waals surface area contributed by atoms with Gasteiger partial charge in [0, 0.05) is 87.3 Å². The Morgan fingerprint density at radius 2 is 1.73 bits per heavy atom. The van der Waals surface area contributed by atoms with Gasteiger partial charge in [0.2, 0.25) is 23.7 Å². The summed E-state index contributed by atoms with van der Waals surface area (Å²) in [6.07, 6.45) is 13.3. The highest BCUT2D eigenvalue weighted by atomic mass is 16.5. The van der Waals surface area contributed by atoms with Crippen molar-refractivity contribution in [2.45, 2.75) is 32.7 Å². The van der Waals surface area contributed by atoms with Gasteiger partial charge in [0.1, 0.15) is 23.6 Å². The molecule has 0 radical (unpaired) electrons. The highest BCUT2D eigenvalue weighted by Gasteiger charge is 2.22. The fraction of sp³-hybridized carbons (Fsp3) is 0.405. The second-order valence-corrected chi connectivity index (χ2v) is 14.2. The van der Waals surface area contributed by atoms with Gasteiger partial charge in [-0.05, 0) is 50.7 Å². The molecule has 6 rings (SSSR count). The molecule has 0 aliphatic carbocycles. The van der Waals surface area contributed by atoms with E-state index >= 15 is 0 Å². The van der Waals surface area contributed by atoms with Crippen molar-refractivity contribution < 1.29 is 28.9 Å². The van der Waals surface area contributed by atoms with E-state index in [4.69, 9.17) is 31.5 Å². The molecule has 20 heteroatoms. The summed E-state index contributed by atoms with van der Waals surface area (Å²) >= 11 is 0. The molecule has 1 aliphatic rings. The van der Waals surface area contributed by atoms with E-state index < -0.39 is 0 Å². The quantitative estimate of drug-likeness (QED) is 0.0234. The van der Waals surface area contributed by atoms with Gasteiger partial charge in [0.25, 0.3) is 0 Å². The molecule has 5 heterocycles. The molecule has 62 heavy (non-hydrogen) atoms. The van der Waals surface area contributed by atoms with Crippen LogP contribution < -0.4 is 21.3 Å². The number of nitrogens with two attached hydrogens (primary N) is 1. The SMILES string of the molecule is C#Cc1cnc(N2CCN(/C(N=C)=N/C=C(\C)C(=O)NCCOCCOCCOCCC(=O)NCCCCn3nc(-c4cc5cc(O)ccc5[nH]4)c4c(N)ncnc43)CC2)nc1. The Morgan fingerprint density at radius 3 is 2.47 bits per heavy atom. The molecular weight excluding hydrogens is 797 g/mol. The first kappa shape index (κ1) is 44.6. The van der Waals surface area contributed by atoms with Crippen molar-refractivity contribution in [1.29, 1.82) is 0 Å². The van der Waals surface area contributed by atoms with E-state index in [1.165, 1.54) is 12.5 Å². The number of H-pyrrole nitrogens is 1. The molecule has 0 atom stereocenters. The number of nitrogens with zero attached hydrogens (tertiary/aromatic N) is 10. The number of aromatic nitrogens is 7. The van der Waals surface area contributed by atoms with Gasteiger partial charge in [0.05, 0.1) is 56.3 Å². The zero-order valence-electron chi connectivity index (χ0n) is 34.8. The number of carbonyl (C=O) groups excluding carboxylic acids is 2. The van der Waals surface area contributed by atoms with Gasteiger partial charge < -0.3 is 50.5 Å². The smallest absolute Gasteiger partial charge is 0.248 e. The number of hydrogen-bond acceptors (Lipinski definition) is 14. The van der Waals surface area contributed by atoms with Gasteiger partial charge in [0.15, 0.2) is 5.65 Å². The lowest BCUT2D eigenvalue weighted by atomic mass is 10.2. The Kier molecular flexibility index (Phi) is 16.3. The van der Waals surface area contributed by atoms with Crippen LogP contribution in [0, 0.1) is 12.3 Å². The van der Waals surface area contributed by atoms with Gasteiger partial charge in [-0.15, -0.1) is 6.42 Å². The molecule has 4 aromatic heterocycles. The van der Waals surface area contributed by atoms with E-state index in [2.05, 4.69) is 63.1 Å². The standard InChI is InChI=1S/C42H52N14O6/c1-4-30-26-48-42(49-27-30)55-15-13-54(14-16-55)41(44-3)47-25-29(2)40(59)46-11-18-61-20-22-62-21-19-60-17-9-35(58)45-10-5-6-12-56-39-36(38(43)50-28-51-39)37(53-56)34-24-31-23-32(57)7-8-33(31)52-34/h1,7-8,23-28,52,57H,3,5-6,9-22H2,2H3,(H,45,58)(H,46,59)(H2,43,50,51)/b29-25+,47-41+. The lowest BCUT2D eigenvalue weighted by Gasteiger charge is -2.35. The monoisotopic (exact) mass is 848 g/mol. The molecule has 0 bridgehead atoms. The fourth-order valence-corrected chi connectivity index (χ4v) is 6.51. The Hall–Kier alpha value is -6.95. The number of guanidine groups is 1. The van der Waals surface area contributed by atoms with Crippen LogP contribution in [0.5, 0.6) is 5.75 Å². The predicted octanol–water partition coefficient (Wildman–Crippen LogP) is 2.27. The second kappa shape index (κ2) is 22.6. The molecule has 0 saturated carbocycles. The van der Waals surface area contributed by atoms with Crippen molar-refractivity contribution in [2.24, 2.45) is 9.98 Å². The van der Waals surface area contributed by atoms with Gasteiger partial charge in [-0.2, -0.15) is 5.10 Å². The minimum absolute atomic E-state index is 0.0914. The number of carbonyl (C=O) groups is 2. The first-order valence-corrected chi connectivity index (χ1v) is 20.3. The average Bonchev–Trinajstić information content (AvgIpc) is 3.88. The molecule has 6 N–H and O–H groups in total. The third-order valence-corrected chi connectivity index (χ3v) is 9.81. The molecule has 2 amide bonds. The van der Waals surface area contributed by atoms with Crippen molar-refractivity contribution >= 4 is 58.2 Å². The van der Waals surface area contributed by atoms with Crippen molar-refractivity contribution in [3.63, 3.8) is 0 Å². The lowest BCUT2D eigenvalue weighted by molar-refractivity contribution is -0.122. The molecule has 0 spiro atoms. The minimum atomic E-state index is -0.261. The maximum atomic E-state index is 12.5. The fourth-order valence-electron chi connectivity index (χ4n) is 6.51. The van der Waals surface area contributed by atoms with E-state index in [0.717, 1.165) is 29.4 Å². The number of phenolic OH excluding ortho intramolecular Hbond substituents is 1. The van der Waals surface area contributed by atoms with E-state index in [1.54, 1.807) is 42.2 Å². The number of piperazine rings is 1. The number of aryl methyl sites for hydroxylation is 1. The van der Waals surface area contributed by atoms with Crippen LogP contribution in [0.4, 0.5) is 11.8 Å². The highest BCUT2D eigenvalue weighted by Crippen LogP contribution is 2.32. The number of amides is 2. The van der Waals surface area contributed by atoms with E-state index in [9.17, 15) is 14.7 Å². The number of benzene rings is 1. The molecule has 1 saturated heterocycles. The van der Waals surface area contributed by atoms with Crippen molar-refractivity contribution in [3.8, 4) is 29.5 Å². The summed E-state index contributed by atoms with van der Waals surface area (Å²) in [6.45, 7) is 11.4. The van der Waals surface area contributed by atoms with Crippen LogP contribution >= 0.6 is 0 Å². The number of hydrogen-bond donors (Lipinski definition) is 5. The highest BCUT2D eigenvalue weighted by molar-refractivity contribution is 6.00. The number of nitrogens with one attached hydrogen (secondary N) is 3. The van der Waals surface area contributed by atoms with Crippen LogP contribution in [-0.2, 0) is 30.3 Å². The Labute approximate surface area is 358 Å². The molecule has 0 unspecified atom stereocenters. The number of nitrogen functional groups attached to an aromatic ring is 1. The summed E-state index contributed by atoms with van der Waals surface area (Å²) in [5, 5.41) is 21.9. The minimum Gasteiger partial charge on any atom is -0.508 e. The largest absolute Gasteiger partial charge is 0.508 e. The van der Waals surface area contributed by atoms with Crippen LogP contribution in [0.2, 0.25) is 0 Å². The molecule has 1 aliphatic heterocycles. The molecule has 326 valence electrons. The number of rotatable bonds is 21. The first-order valence-electron chi connectivity index (χ1n) is 20.3. The molecule has 20 nitrogen and oxygen atoms in total. The number of anilines is 2. The topological polar surface area (TPSA) is 249 Å². The average molecular weight is 849 g/mol. The summed E-state index contributed by atoms with van der Waals surface area (Å²) in [7, 11) is 0. The van der Waals surface area contributed by atoms with E-state index in [-0.39, 0.29) is 30.6 Å². The summed E-state index contributed by atoms with van der Waals surface area (Å²) in [5.41, 5.74) is 10.2. The molecule has 1 aromatic carbocycles. The van der Waals surface area contributed by atoms with Gasteiger partial charge in [-0.3, -0.25) is 9.59 Å². The van der Waals surface area contributed by atoms with Gasteiger partial charge in [-0.25, -0.2) is 34.6 Å². The van der Waals surface area contributed by atoms with Crippen LogP contribution in [0.15, 0.2) is 64.7 Å². The number of terminal acetylenes is 1. The Balaban J connectivity index is 0.763. The lowest BCUT2D eigenvalue weighted by Crippen LogP contribution is -2.48. The van der Waals surface area contributed by atoms with Crippen molar-refractivity contribution in [2.75, 3.05) is 89.5 Å². The van der Waals surface area contributed by atoms with E-state index in [0.29, 0.717) is 124 Å². The number of ether oxygens (including phenoxy) is 3. The third kappa shape index (κ3) is 12.3. The van der Waals surface area contributed by atoms with E-state index in [1.807, 2.05) is 11.0 Å². The Morgan fingerprint density at radius 1 is 0.984 bits per heavy atom. The zero-order valence-corrected chi connectivity index (χ0v) is 34.8. The van der Waals surface area contributed by atoms with Crippen LogP contribution in [0.1, 0.15) is 31.7 Å². The van der Waals surface area contributed by atoms with Crippen LogP contribution in [-0.4, -0.2) is 148 Å². The summed E-state index contributed by atoms with van der Waals surface area (Å²) in [4.78, 5) is 57.9. The van der Waals surface area contributed by atoms with Crippen molar-refractivity contribution in [3.05, 3.63) is 60.3 Å². The number of fused-ring (bicyclic) bond motifs is 2. The summed E-state index contributed by atoms with van der Waals surface area (Å²) < 4.78 is 18.4. The van der Waals surface area contributed by atoms with Crippen molar-refractivity contribution in [1.82, 2.24) is 50.2 Å².